The van der Waals surface area contributed by atoms with Crippen LogP contribution in [-0.4, -0.2) is 55.5 Å². The van der Waals surface area contributed by atoms with Gasteiger partial charge in [-0.3, -0.25) is 4.79 Å². The van der Waals surface area contributed by atoms with Crippen molar-refractivity contribution in [3.05, 3.63) is 72.3 Å². The van der Waals surface area contributed by atoms with Crippen molar-refractivity contribution in [1.29, 1.82) is 0 Å². The molecule has 4 rings (SSSR count). The molecule has 5 nitrogen and oxygen atoms in total. The molecule has 0 aliphatic carbocycles. The molecule has 162 valence electrons. The largest absolute Gasteiger partial charge is 0.341 e. The summed E-state index contributed by atoms with van der Waals surface area (Å²) < 4.78 is 27.4. The summed E-state index contributed by atoms with van der Waals surface area (Å²) in [7, 11) is -3.54. The van der Waals surface area contributed by atoms with E-state index in [9.17, 15) is 13.2 Å². The van der Waals surface area contributed by atoms with Gasteiger partial charge < -0.3 is 4.90 Å². The quantitative estimate of drug-likeness (QED) is 0.543. The Morgan fingerprint density at radius 2 is 1.65 bits per heavy atom. The third kappa shape index (κ3) is 5.11. The highest BCUT2D eigenvalue weighted by Crippen LogP contribution is 2.24. The monoisotopic (exact) mass is 454 g/mol. The molecule has 3 aromatic carbocycles. The first-order valence-corrected chi connectivity index (χ1v) is 12.8. The molecule has 1 aliphatic heterocycles. The number of sulfonamides is 1. The fourth-order valence-corrected chi connectivity index (χ4v) is 6.05. The third-order valence-electron chi connectivity index (χ3n) is 5.55. The summed E-state index contributed by atoms with van der Waals surface area (Å²) in [6, 6.07) is 21.3. The average molecular weight is 455 g/mol. The molecule has 31 heavy (non-hydrogen) atoms. The SMILES string of the molecule is Cc1ccc(S(=O)(=O)N2CCCN(C(=O)CSc3ccc4ccccc4c3)CC2)cc1. The van der Waals surface area contributed by atoms with Crippen molar-refractivity contribution in [2.45, 2.75) is 23.1 Å². The number of aryl methyl sites for hydroxylation is 1. The zero-order chi connectivity index (χ0) is 21.8. The molecule has 7 heteroatoms. The summed E-state index contributed by atoms with van der Waals surface area (Å²) in [5.41, 5.74) is 1.02. The van der Waals surface area contributed by atoms with Crippen LogP contribution in [0, 0.1) is 6.92 Å². The Bertz CT molecular complexity index is 1180. The number of hydrogen-bond acceptors (Lipinski definition) is 4. The van der Waals surface area contributed by atoms with Crippen LogP contribution in [-0.2, 0) is 14.8 Å². The number of fused-ring (bicyclic) bond motifs is 1. The molecule has 0 spiro atoms. The summed E-state index contributed by atoms with van der Waals surface area (Å²) >= 11 is 1.53. The van der Waals surface area contributed by atoms with E-state index >= 15 is 0 Å². The maximum atomic E-state index is 13.0. The highest BCUT2D eigenvalue weighted by Gasteiger charge is 2.28. The zero-order valence-corrected chi connectivity index (χ0v) is 19.2. The van der Waals surface area contributed by atoms with Crippen LogP contribution in [0.25, 0.3) is 10.8 Å². The van der Waals surface area contributed by atoms with E-state index in [1.165, 1.54) is 21.5 Å². The van der Waals surface area contributed by atoms with Gasteiger partial charge >= 0.3 is 0 Å². The molecule has 1 fully saturated rings. The van der Waals surface area contributed by atoms with Crippen LogP contribution in [0.1, 0.15) is 12.0 Å². The summed E-state index contributed by atoms with van der Waals surface area (Å²) in [5.74, 6) is 0.399. The van der Waals surface area contributed by atoms with Gasteiger partial charge in [0.05, 0.1) is 10.6 Å². The zero-order valence-electron chi connectivity index (χ0n) is 17.5. The van der Waals surface area contributed by atoms with Gasteiger partial charge in [0.2, 0.25) is 15.9 Å². The summed E-state index contributed by atoms with van der Waals surface area (Å²) in [6.07, 6.45) is 0.636. The van der Waals surface area contributed by atoms with Crippen molar-refractivity contribution >= 4 is 38.5 Å². The fourth-order valence-electron chi connectivity index (χ4n) is 3.74. The van der Waals surface area contributed by atoms with Gasteiger partial charge in [-0.1, -0.05) is 48.0 Å². The molecule has 0 bridgehead atoms. The maximum Gasteiger partial charge on any atom is 0.243 e. The first kappa shape index (κ1) is 21.9. The lowest BCUT2D eigenvalue weighted by molar-refractivity contribution is -0.128. The number of thioether (sulfide) groups is 1. The molecule has 0 N–H and O–H groups in total. The molecule has 0 radical (unpaired) electrons. The minimum absolute atomic E-state index is 0.0488. The van der Waals surface area contributed by atoms with E-state index in [2.05, 4.69) is 24.3 Å². The van der Waals surface area contributed by atoms with Crippen molar-refractivity contribution in [1.82, 2.24) is 9.21 Å². The predicted molar refractivity (Wildman–Crippen MR) is 126 cm³/mol. The van der Waals surface area contributed by atoms with Gasteiger partial charge in [-0.15, -0.1) is 11.8 Å². The van der Waals surface area contributed by atoms with Crippen LogP contribution in [0.5, 0.6) is 0 Å². The van der Waals surface area contributed by atoms with Gasteiger partial charge in [0, 0.05) is 31.1 Å². The predicted octanol–water partition coefficient (Wildman–Crippen LogP) is 4.16. The summed E-state index contributed by atoms with van der Waals surface area (Å²) in [4.78, 5) is 15.9. The number of hydrogen-bond donors (Lipinski definition) is 0. The average Bonchev–Trinajstić information content (AvgIpc) is 3.05. The minimum Gasteiger partial charge on any atom is -0.341 e. The van der Waals surface area contributed by atoms with Crippen LogP contribution in [0.15, 0.2) is 76.5 Å². The van der Waals surface area contributed by atoms with Crippen molar-refractivity contribution in [3.63, 3.8) is 0 Å². The molecular formula is C24H26N2O3S2. The Morgan fingerprint density at radius 1 is 0.903 bits per heavy atom. The molecule has 1 saturated heterocycles. The Morgan fingerprint density at radius 3 is 2.42 bits per heavy atom. The lowest BCUT2D eigenvalue weighted by Gasteiger charge is -2.22. The van der Waals surface area contributed by atoms with E-state index in [0.717, 1.165) is 15.8 Å². The molecule has 1 amide bonds. The molecular weight excluding hydrogens is 428 g/mol. The molecule has 1 heterocycles. The normalized spacial score (nSPS) is 15.7. The first-order valence-electron chi connectivity index (χ1n) is 10.4. The van der Waals surface area contributed by atoms with Gasteiger partial charge in [0.1, 0.15) is 0 Å². The molecule has 0 aromatic heterocycles. The number of rotatable bonds is 5. The standard InChI is InChI=1S/C24H26N2O3S2/c1-19-7-11-23(12-8-19)31(28,29)26-14-4-13-25(15-16-26)24(27)18-30-22-10-9-20-5-2-3-6-21(20)17-22/h2-3,5-12,17H,4,13-16,18H2,1H3. The van der Waals surface area contributed by atoms with Crippen LogP contribution >= 0.6 is 11.8 Å². The second-order valence-corrected chi connectivity index (χ2v) is 10.7. The van der Waals surface area contributed by atoms with E-state index < -0.39 is 10.0 Å². The number of carbonyl (C=O) groups excluding carboxylic acids is 1. The lowest BCUT2D eigenvalue weighted by atomic mass is 10.1. The number of benzene rings is 3. The molecule has 0 saturated carbocycles. The Hall–Kier alpha value is -2.35. The second-order valence-electron chi connectivity index (χ2n) is 7.75. The van der Waals surface area contributed by atoms with E-state index in [4.69, 9.17) is 0 Å². The van der Waals surface area contributed by atoms with Gasteiger partial charge in [0.25, 0.3) is 0 Å². The smallest absolute Gasteiger partial charge is 0.243 e. The van der Waals surface area contributed by atoms with Crippen molar-refractivity contribution in [3.8, 4) is 0 Å². The van der Waals surface area contributed by atoms with Crippen molar-refractivity contribution in [2.24, 2.45) is 0 Å². The van der Waals surface area contributed by atoms with Gasteiger partial charge in [-0.2, -0.15) is 4.31 Å². The van der Waals surface area contributed by atoms with E-state index in [-0.39, 0.29) is 5.91 Å². The van der Waals surface area contributed by atoms with Crippen molar-refractivity contribution < 1.29 is 13.2 Å². The fraction of sp³-hybridized carbons (Fsp3) is 0.292. The highest BCUT2D eigenvalue weighted by atomic mass is 32.2. The number of nitrogens with zero attached hydrogens (tertiary/aromatic N) is 2. The maximum absolute atomic E-state index is 13.0. The molecule has 0 unspecified atom stereocenters. The Kier molecular flexibility index (Phi) is 6.65. The van der Waals surface area contributed by atoms with Crippen LogP contribution < -0.4 is 0 Å². The minimum atomic E-state index is -3.54. The van der Waals surface area contributed by atoms with E-state index in [1.807, 2.05) is 37.3 Å². The van der Waals surface area contributed by atoms with Gasteiger partial charge in [0.15, 0.2) is 0 Å². The summed E-state index contributed by atoms with van der Waals surface area (Å²) in [6.45, 7) is 3.68. The second kappa shape index (κ2) is 9.42. The third-order valence-corrected chi connectivity index (χ3v) is 8.44. The topological polar surface area (TPSA) is 57.7 Å². The Labute approximate surface area is 188 Å². The van der Waals surface area contributed by atoms with Crippen molar-refractivity contribution in [2.75, 3.05) is 31.9 Å². The highest BCUT2D eigenvalue weighted by molar-refractivity contribution is 8.00. The number of amides is 1. The lowest BCUT2D eigenvalue weighted by Crippen LogP contribution is -2.38. The number of carbonyl (C=O) groups is 1. The molecule has 0 atom stereocenters. The van der Waals surface area contributed by atoms with Gasteiger partial charge in [-0.05, 0) is 48.4 Å². The molecule has 3 aromatic rings. The van der Waals surface area contributed by atoms with Crippen LogP contribution in [0.4, 0.5) is 0 Å². The summed E-state index contributed by atoms with van der Waals surface area (Å²) in [5, 5.41) is 2.34. The van der Waals surface area contributed by atoms with Crippen LogP contribution in [0.3, 0.4) is 0 Å². The molecule has 1 aliphatic rings. The first-order chi connectivity index (χ1) is 14.9. The van der Waals surface area contributed by atoms with Gasteiger partial charge in [-0.25, -0.2) is 8.42 Å². The Balaban J connectivity index is 1.36. The van der Waals surface area contributed by atoms with E-state index in [0.29, 0.717) is 43.2 Å². The van der Waals surface area contributed by atoms with E-state index in [1.54, 1.807) is 17.0 Å². The van der Waals surface area contributed by atoms with Crippen LogP contribution in [0.2, 0.25) is 0 Å².